The third kappa shape index (κ3) is 20.2. The molecule has 0 aromatic rings. The average molecular weight is 324 g/mol. The van der Waals surface area contributed by atoms with Crippen molar-refractivity contribution < 1.29 is 17.5 Å². The molecule has 13 heteroatoms. The lowest BCUT2D eigenvalue weighted by Crippen LogP contribution is -2.23. The molecule has 21 heavy (non-hydrogen) atoms. The molecule has 0 aromatic carbocycles. The molecule has 0 heterocycles. The van der Waals surface area contributed by atoms with Crippen molar-refractivity contribution in [1.29, 1.82) is 0 Å². The minimum absolute atomic E-state index is 0.108. The highest BCUT2D eigenvalue weighted by molar-refractivity contribution is 7.79. The van der Waals surface area contributed by atoms with Gasteiger partial charge in [-0.05, 0) is 13.3 Å². The predicted octanol–water partition coefficient (Wildman–Crippen LogP) is -1.59. The van der Waals surface area contributed by atoms with Gasteiger partial charge in [0.1, 0.15) is 0 Å². The van der Waals surface area contributed by atoms with Gasteiger partial charge in [0.15, 0.2) is 0 Å². The monoisotopic (exact) mass is 324 g/mol. The van der Waals surface area contributed by atoms with Crippen LogP contribution in [-0.2, 0) is 10.4 Å². The molecule has 12 nitrogen and oxygen atoms in total. The van der Waals surface area contributed by atoms with Crippen molar-refractivity contribution in [3.05, 3.63) is 0 Å². The van der Waals surface area contributed by atoms with Gasteiger partial charge >= 0.3 is 10.4 Å². The first kappa shape index (κ1) is 21.1. The van der Waals surface area contributed by atoms with Gasteiger partial charge in [0.05, 0.1) is 11.4 Å². The van der Waals surface area contributed by atoms with E-state index in [2.05, 4.69) is 20.4 Å². The maximum atomic E-state index is 8.74. The molecule has 122 valence electrons. The number of hydrogen-bond acceptors (Lipinski definition) is 6. The first-order valence-electron chi connectivity index (χ1n) is 5.46. The SMILES string of the molecule is CCCC(=NN=C(N)N)C(C)=NN=C(N)N.O=S(=O)(O)O. The molecule has 0 saturated heterocycles. The van der Waals surface area contributed by atoms with Gasteiger partial charge in [-0.25, -0.2) is 0 Å². The van der Waals surface area contributed by atoms with Gasteiger partial charge in [0, 0.05) is 0 Å². The zero-order valence-electron chi connectivity index (χ0n) is 11.6. The molecule has 0 saturated carbocycles. The molecule has 0 amide bonds. The summed E-state index contributed by atoms with van der Waals surface area (Å²) in [5.41, 5.74) is 21.9. The Kier molecular flexibility index (Phi) is 10.6. The van der Waals surface area contributed by atoms with Crippen molar-refractivity contribution in [3.63, 3.8) is 0 Å². The third-order valence-electron chi connectivity index (χ3n) is 1.51. The summed E-state index contributed by atoms with van der Waals surface area (Å²) in [6.45, 7) is 3.72. The second kappa shape index (κ2) is 10.5. The summed E-state index contributed by atoms with van der Waals surface area (Å²) in [7, 11) is -4.67. The van der Waals surface area contributed by atoms with Crippen LogP contribution in [0.3, 0.4) is 0 Å². The van der Waals surface area contributed by atoms with Crippen LogP contribution >= 0.6 is 0 Å². The Morgan fingerprint density at radius 1 is 0.952 bits per heavy atom. The summed E-state index contributed by atoms with van der Waals surface area (Å²) in [5.74, 6) is -0.222. The van der Waals surface area contributed by atoms with Crippen LogP contribution in [0.25, 0.3) is 0 Å². The van der Waals surface area contributed by atoms with Gasteiger partial charge in [0.2, 0.25) is 11.9 Å². The van der Waals surface area contributed by atoms with Crippen molar-refractivity contribution in [1.82, 2.24) is 0 Å². The third-order valence-corrected chi connectivity index (χ3v) is 1.51. The normalized spacial score (nSPS) is 12.0. The fourth-order valence-corrected chi connectivity index (χ4v) is 0.849. The van der Waals surface area contributed by atoms with Crippen LogP contribution in [0.5, 0.6) is 0 Å². The van der Waals surface area contributed by atoms with Crippen molar-refractivity contribution >= 4 is 33.7 Å². The Morgan fingerprint density at radius 2 is 1.33 bits per heavy atom. The first-order valence-corrected chi connectivity index (χ1v) is 6.86. The summed E-state index contributed by atoms with van der Waals surface area (Å²) >= 11 is 0. The van der Waals surface area contributed by atoms with Gasteiger partial charge < -0.3 is 22.9 Å². The van der Waals surface area contributed by atoms with Crippen LogP contribution in [0.4, 0.5) is 0 Å². The second-order valence-electron chi connectivity index (χ2n) is 3.48. The lowest BCUT2D eigenvalue weighted by atomic mass is 10.1. The Balaban J connectivity index is 0. The number of hydrogen-bond donors (Lipinski definition) is 6. The number of guanidine groups is 2. The predicted molar refractivity (Wildman–Crippen MR) is 81.2 cm³/mol. The van der Waals surface area contributed by atoms with E-state index in [0.29, 0.717) is 17.8 Å². The minimum Gasteiger partial charge on any atom is -0.369 e. The summed E-state index contributed by atoms with van der Waals surface area (Å²) in [4.78, 5) is 0. The Morgan fingerprint density at radius 3 is 1.67 bits per heavy atom. The van der Waals surface area contributed by atoms with E-state index in [1.54, 1.807) is 6.92 Å². The van der Waals surface area contributed by atoms with Crippen LogP contribution in [0.2, 0.25) is 0 Å². The van der Waals surface area contributed by atoms with Crippen molar-refractivity contribution in [3.8, 4) is 0 Å². The van der Waals surface area contributed by atoms with Gasteiger partial charge in [-0.15, -0.1) is 10.2 Å². The Bertz CT molecular complexity index is 520. The highest BCUT2D eigenvalue weighted by atomic mass is 32.3. The van der Waals surface area contributed by atoms with Gasteiger partial charge in [-0.1, -0.05) is 13.3 Å². The van der Waals surface area contributed by atoms with E-state index in [0.717, 1.165) is 6.42 Å². The summed E-state index contributed by atoms with van der Waals surface area (Å²) in [6, 6.07) is 0. The lowest BCUT2D eigenvalue weighted by molar-refractivity contribution is 0.381. The van der Waals surface area contributed by atoms with E-state index in [9.17, 15) is 0 Å². The van der Waals surface area contributed by atoms with E-state index in [4.69, 9.17) is 40.5 Å². The zero-order valence-corrected chi connectivity index (χ0v) is 12.4. The largest absolute Gasteiger partial charge is 0.394 e. The molecular weight excluding hydrogens is 304 g/mol. The summed E-state index contributed by atoms with van der Waals surface area (Å²) in [5, 5.41) is 14.7. The molecule has 0 atom stereocenters. The van der Waals surface area contributed by atoms with Crippen LogP contribution in [0.15, 0.2) is 20.4 Å². The smallest absolute Gasteiger partial charge is 0.369 e. The maximum absolute atomic E-state index is 8.74. The topological polar surface area (TPSA) is 228 Å². The molecule has 0 aromatic heterocycles. The van der Waals surface area contributed by atoms with Gasteiger partial charge in [-0.3, -0.25) is 9.11 Å². The standard InChI is InChI=1S/C8H18N8.H2O4S/c1-3-4-6(14-16-8(11)12)5(2)13-15-7(9)10;1-5(2,3)4/h3-4H2,1-2H3,(H4,9,10,15)(H4,11,12,16);(H2,1,2,3,4). The number of nitrogens with zero attached hydrogens (tertiary/aromatic N) is 4. The van der Waals surface area contributed by atoms with Crippen molar-refractivity contribution in [2.45, 2.75) is 26.7 Å². The molecule has 0 unspecified atom stereocenters. The van der Waals surface area contributed by atoms with E-state index in [-0.39, 0.29) is 11.9 Å². The van der Waals surface area contributed by atoms with E-state index in [1.807, 2.05) is 6.92 Å². The van der Waals surface area contributed by atoms with E-state index >= 15 is 0 Å². The molecular formula is C8H20N8O4S. The van der Waals surface area contributed by atoms with Crippen LogP contribution in [-0.4, -0.2) is 40.9 Å². The second-order valence-corrected chi connectivity index (χ2v) is 4.38. The highest BCUT2D eigenvalue weighted by Gasteiger charge is 2.03. The maximum Gasteiger partial charge on any atom is 0.394 e. The van der Waals surface area contributed by atoms with Gasteiger partial charge in [0.25, 0.3) is 0 Å². The molecule has 0 aliphatic carbocycles. The van der Waals surface area contributed by atoms with Crippen LogP contribution in [0, 0.1) is 0 Å². The molecule has 0 radical (unpaired) electrons. The fraction of sp³-hybridized carbons (Fsp3) is 0.500. The van der Waals surface area contributed by atoms with Crippen molar-refractivity contribution in [2.24, 2.45) is 43.3 Å². The average Bonchev–Trinajstić information content (AvgIpc) is 2.29. The molecule has 0 aliphatic heterocycles. The molecule has 0 spiro atoms. The molecule has 0 rings (SSSR count). The number of rotatable bonds is 5. The Hall–Kier alpha value is -2.25. The molecule has 0 fully saturated rings. The molecule has 0 bridgehead atoms. The molecule has 10 N–H and O–H groups in total. The highest BCUT2D eigenvalue weighted by Crippen LogP contribution is 1.97. The van der Waals surface area contributed by atoms with Crippen LogP contribution in [0.1, 0.15) is 26.7 Å². The lowest BCUT2D eigenvalue weighted by Gasteiger charge is -2.00. The van der Waals surface area contributed by atoms with Crippen molar-refractivity contribution in [2.75, 3.05) is 0 Å². The van der Waals surface area contributed by atoms with Crippen LogP contribution < -0.4 is 22.9 Å². The van der Waals surface area contributed by atoms with E-state index < -0.39 is 10.4 Å². The van der Waals surface area contributed by atoms with Gasteiger partial charge in [-0.2, -0.15) is 18.6 Å². The summed E-state index contributed by atoms with van der Waals surface area (Å²) in [6.07, 6.45) is 1.57. The summed E-state index contributed by atoms with van der Waals surface area (Å²) < 4.78 is 31.6. The first-order chi connectivity index (χ1) is 9.47. The molecule has 0 aliphatic rings. The fourth-order valence-electron chi connectivity index (χ4n) is 0.849. The zero-order chi connectivity index (χ0) is 17.1. The van der Waals surface area contributed by atoms with E-state index in [1.165, 1.54) is 0 Å². The number of nitrogens with two attached hydrogens (primary N) is 4. The minimum atomic E-state index is -4.67. The Labute approximate surface area is 122 Å². The quantitative estimate of drug-likeness (QED) is 0.149.